The molecule has 9 heteroatoms. The number of carbonyl (C=O) groups excluding carboxylic acids is 2. The summed E-state index contributed by atoms with van der Waals surface area (Å²) in [6.45, 7) is 0. The Kier molecular flexibility index (Phi) is 3.30. The number of anilines is 1. The first-order valence-corrected chi connectivity index (χ1v) is 7.05. The summed E-state index contributed by atoms with van der Waals surface area (Å²) in [4.78, 5) is 35.5. The van der Waals surface area contributed by atoms with E-state index in [2.05, 4.69) is 15.9 Å². The SMILES string of the molecule is Nc1c2c(cc(=O)n1-c1ccc(Br)c(Cl)c1F)C(=O)NC2=O. The van der Waals surface area contributed by atoms with Crippen molar-refractivity contribution in [2.45, 2.75) is 0 Å². The molecule has 112 valence electrons. The first-order valence-electron chi connectivity index (χ1n) is 5.88. The van der Waals surface area contributed by atoms with Crippen molar-refractivity contribution in [2.24, 2.45) is 0 Å². The zero-order valence-corrected chi connectivity index (χ0v) is 13.0. The van der Waals surface area contributed by atoms with E-state index in [4.69, 9.17) is 17.3 Å². The van der Waals surface area contributed by atoms with Gasteiger partial charge >= 0.3 is 0 Å². The number of nitrogens with zero attached hydrogens (tertiary/aromatic N) is 1. The van der Waals surface area contributed by atoms with Gasteiger partial charge in [-0.15, -0.1) is 0 Å². The summed E-state index contributed by atoms with van der Waals surface area (Å²) in [6.07, 6.45) is 0. The van der Waals surface area contributed by atoms with Gasteiger partial charge in [-0.05, 0) is 28.1 Å². The van der Waals surface area contributed by atoms with E-state index in [1.807, 2.05) is 5.32 Å². The third-order valence-electron chi connectivity index (χ3n) is 3.21. The Morgan fingerprint density at radius 2 is 1.91 bits per heavy atom. The largest absolute Gasteiger partial charge is 0.384 e. The lowest BCUT2D eigenvalue weighted by Crippen LogP contribution is -2.24. The molecule has 0 saturated carbocycles. The maximum atomic E-state index is 14.3. The van der Waals surface area contributed by atoms with Gasteiger partial charge in [0.25, 0.3) is 17.4 Å². The molecule has 0 unspecified atom stereocenters. The lowest BCUT2D eigenvalue weighted by molar-refractivity contribution is 0.0880. The number of fused-ring (bicyclic) bond motifs is 1. The molecule has 0 radical (unpaired) electrons. The van der Waals surface area contributed by atoms with Crippen molar-refractivity contribution in [3.05, 3.63) is 55.0 Å². The lowest BCUT2D eigenvalue weighted by Gasteiger charge is -2.13. The van der Waals surface area contributed by atoms with Gasteiger partial charge in [-0.2, -0.15) is 0 Å². The number of nitrogen functional groups attached to an aromatic ring is 1. The fourth-order valence-electron chi connectivity index (χ4n) is 2.22. The first-order chi connectivity index (χ1) is 10.3. The number of imide groups is 1. The molecule has 0 aliphatic carbocycles. The minimum absolute atomic E-state index is 0.132. The average Bonchev–Trinajstić information content (AvgIpc) is 2.73. The second kappa shape index (κ2) is 4.92. The number of pyridine rings is 1. The Labute approximate surface area is 135 Å². The van der Waals surface area contributed by atoms with Crippen molar-refractivity contribution in [2.75, 3.05) is 5.73 Å². The van der Waals surface area contributed by atoms with E-state index in [9.17, 15) is 18.8 Å². The number of hydrogen-bond acceptors (Lipinski definition) is 4. The molecule has 0 bridgehead atoms. The minimum atomic E-state index is -0.880. The van der Waals surface area contributed by atoms with Gasteiger partial charge in [-0.3, -0.25) is 24.3 Å². The van der Waals surface area contributed by atoms with Crippen LogP contribution in [0.1, 0.15) is 20.7 Å². The molecule has 22 heavy (non-hydrogen) atoms. The highest BCUT2D eigenvalue weighted by Crippen LogP contribution is 2.31. The van der Waals surface area contributed by atoms with Crippen molar-refractivity contribution in [3.63, 3.8) is 0 Å². The molecule has 1 aliphatic rings. The van der Waals surface area contributed by atoms with Crippen molar-refractivity contribution >= 4 is 45.2 Å². The van der Waals surface area contributed by atoms with Crippen LogP contribution in [0.2, 0.25) is 5.02 Å². The molecule has 0 saturated heterocycles. The fourth-order valence-corrected chi connectivity index (χ4v) is 2.68. The van der Waals surface area contributed by atoms with Crippen LogP contribution in [-0.4, -0.2) is 16.4 Å². The van der Waals surface area contributed by atoms with Crippen LogP contribution in [-0.2, 0) is 0 Å². The molecule has 2 heterocycles. The minimum Gasteiger partial charge on any atom is -0.384 e. The average molecular weight is 387 g/mol. The molecule has 0 spiro atoms. The number of rotatable bonds is 1. The summed E-state index contributed by atoms with van der Waals surface area (Å²) in [5.74, 6) is -2.67. The predicted octanol–water partition coefficient (Wildman–Crippen LogP) is 1.86. The van der Waals surface area contributed by atoms with Crippen LogP contribution in [0.15, 0.2) is 27.5 Å². The Bertz CT molecular complexity index is 926. The number of aromatic nitrogens is 1. The number of amides is 2. The quantitative estimate of drug-likeness (QED) is 0.578. The topological polar surface area (TPSA) is 94.2 Å². The molecule has 0 atom stereocenters. The van der Waals surface area contributed by atoms with Gasteiger partial charge in [-0.1, -0.05) is 11.6 Å². The third-order valence-corrected chi connectivity index (χ3v) is 4.47. The number of halogens is 3. The summed E-state index contributed by atoms with van der Waals surface area (Å²) < 4.78 is 15.4. The highest BCUT2D eigenvalue weighted by atomic mass is 79.9. The monoisotopic (exact) mass is 385 g/mol. The summed E-state index contributed by atoms with van der Waals surface area (Å²) in [7, 11) is 0. The highest BCUT2D eigenvalue weighted by Gasteiger charge is 2.32. The smallest absolute Gasteiger partial charge is 0.262 e. The number of nitrogens with one attached hydrogen (secondary N) is 1. The van der Waals surface area contributed by atoms with Gasteiger partial charge in [0.1, 0.15) is 5.82 Å². The van der Waals surface area contributed by atoms with Crippen molar-refractivity contribution in [1.29, 1.82) is 0 Å². The Morgan fingerprint density at radius 3 is 2.59 bits per heavy atom. The third kappa shape index (κ3) is 1.95. The Morgan fingerprint density at radius 1 is 1.23 bits per heavy atom. The molecule has 6 nitrogen and oxygen atoms in total. The predicted molar refractivity (Wildman–Crippen MR) is 80.9 cm³/mol. The summed E-state index contributed by atoms with van der Waals surface area (Å²) in [5.41, 5.74) is 4.54. The molecule has 2 amide bonds. The summed E-state index contributed by atoms with van der Waals surface area (Å²) >= 11 is 8.85. The van der Waals surface area contributed by atoms with Gasteiger partial charge < -0.3 is 5.73 Å². The molecular formula is C13H6BrClFN3O3. The van der Waals surface area contributed by atoms with E-state index in [-0.39, 0.29) is 27.7 Å². The van der Waals surface area contributed by atoms with E-state index in [1.165, 1.54) is 12.1 Å². The van der Waals surface area contributed by atoms with Crippen LogP contribution in [0.25, 0.3) is 5.69 Å². The molecule has 1 aromatic heterocycles. The Hall–Kier alpha value is -2.19. The molecule has 3 rings (SSSR count). The van der Waals surface area contributed by atoms with Gasteiger partial charge in [0.2, 0.25) is 0 Å². The normalized spacial score (nSPS) is 13.2. The number of benzene rings is 1. The number of carbonyl (C=O) groups is 2. The molecule has 1 aromatic carbocycles. The summed E-state index contributed by atoms with van der Waals surface area (Å²) in [5, 5.41) is 1.80. The van der Waals surface area contributed by atoms with Crippen molar-refractivity contribution in [3.8, 4) is 5.69 Å². The van der Waals surface area contributed by atoms with Crippen molar-refractivity contribution < 1.29 is 14.0 Å². The van der Waals surface area contributed by atoms with Crippen LogP contribution in [0.4, 0.5) is 10.2 Å². The van der Waals surface area contributed by atoms with Crippen molar-refractivity contribution in [1.82, 2.24) is 9.88 Å². The summed E-state index contributed by atoms with van der Waals surface area (Å²) in [6, 6.07) is 3.65. The van der Waals surface area contributed by atoms with Gasteiger partial charge in [-0.25, -0.2) is 4.39 Å². The maximum absolute atomic E-state index is 14.3. The van der Waals surface area contributed by atoms with Crippen LogP contribution in [0.5, 0.6) is 0 Å². The second-order valence-corrected chi connectivity index (χ2v) is 5.70. The zero-order chi connectivity index (χ0) is 16.2. The van der Waals surface area contributed by atoms with E-state index in [1.54, 1.807) is 0 Å². The number of nitrogens with two attached hydrogens (primary N) is 1. The van der Waals surface area contributed by atoms with E-state index in [0.29, 0.717) is 4.47 Å². The molecule has 3 N–H and O–H groups in total. The van der Waals surface area contributed by atoms with Crippen LogP contribution in [0, 0.1) is 5.82 Å². The fraction of sp³-hybridized carbons (Fsp3) is 0. The molecule has 2 aromatic rings. The molecule has 0 fully saturated rings. The molecule has 1 aliphatic heterocycles. The first kappa shape index (κ1) is 14.7. The van der Waals surface area contributed by atoms with Crippen LogP contribution < -0.4 is 16.6 Å². The maximum Gasteiger partial charge on any atom is 0.262 e. The van der Waals surface area contributed by atoms with Gasteiger partial charge in [0.05, 0.1) is 21.8 Å². The van der Waals surface area contributed by atoms with Crippen LogP contribution >= 0.6 is 27.5 Å². The highest BCUT2D eigenvalue weighted by molar-refractivity contribution is 9.10. The standard InChI is InChI=1S/C13H6BrClFN3O3/c14-5-1-2-6(10(16)9(5)15)19-7(20)3-4-8(11(19)17)13(22)18-12(4)21/h1-3H,17H2,(H,18,21,22). The molecular weight excluding hydrogens is 381 g/mol. The van der Waals surface area contributed by atoms with E-state index >= 15 is 0 Å². The second-order valence-electron chi connectivity index (χ2n) is 4.47. The van der Waals surface area contributed by atoms with Gasteiger partial charge in [0.15, 0.2) is 5.82 Å². The van der Waals surface area contributed by atoms with E-state index < -0.39 is 23.2 Å². The lowest BCUT2D eigenvalue weighted by atomic mass is 10.1. The van der Waals surface area contributed by atoms with Gasteiger partial charge in [0, 0.05) is 10.5 Å². The number of hydrogen-bond donors (Lipinski definition) is 2. The van der Waals surface area contributed by atoms with Crippen LogP contribution in [0.3, 0.4) is 0 Å². The zero-order valence-electron chi connectivity index (χ0n) is 10.6. The van der Waals surface area contributed by atoms with E-state index in [0.717, 1.165) is 10.6 Å². The Balaban J connectivity index is 2.38.